The summed E-state index contributed by atoms with van der Waals surface area (Å²) in [5.41, 5.74) is 0.940. The SMILES string of the molecule is CCC(C(=O)O)N(C)CC(=O)NCc1ccc(Cl)cc1. The lowest BCUT2D eigenvalue weighted by Gasteiger charge is -2.22. The van der Waals surface area contributed by atoms with Crippen molar-refractivity contribution in [3.63, 3.8) is 0 Å². The first kappa shape index (κ1) is 16.5. The van der Waals surface area contributed by atoms with E-state index in [0.29, 0.717) is 18.0 Å². The summed E-state index contributed by atoms with van der Waals surface area (Å²) in [6.07, 6.45) is 0.455. The number of benzene rings is 1. The van der Waals surface area contributed by atoms with E-state index in [-0.39, 0.29) is 12.5 Å². The normalized spacial score (nSPS) is 12.2. The van der Waals surface area contributed by atoms with Crippen molar-refractivity contribution in [2.45, 2.75) is 25.9 Å². The molecule has 1 atom stereocenters. The number of carboxylic acids is 1. The summed E-state index contributed by atoms with van der Waals surface area (Å²) in [6, 6.07) is 6.53. The molecule has 0 spiro atoms. The van der Waals surface area contributed by atoms with Gasteiger partial charge in [-0.15, -0.1) is 0 Å². The van der Waals surface area contributed by atoms with Gasteiger partial charge in [-0.25, -0.2) is 0 Å². The average Bonchev–Trinajstić information content (AvgIpc) is 2.38. The van der Waals surface area contributed by atoms with Crippen LogP contribution < -0.4 is 5.32 Å². The Morgan fingerprint density at radius 3 is 2.45 bits per heavy atom. The zero-order valence-electron chi connectivity index (χ0n) is 11.6. The maximum atomic E-state index is 11.8. The molecule has 0 saturated heterocycles. The van der Waals surface area contributed by atoms with Crippen LogP contribution in [0.5, 0.6) is 0 Å². The molecule has 0 fully saturated rings. The molecule has 0 saturated carbocycles. The Bertz CT molecular complexity index is 462. The summed E-state index contributed by atoms with van der Waals surface area (Å²) in [7, 11) is 1.63. The van der Waals surface area contributed by atoms with E-state index in [4.69, 9.17) is 16.7 Å². The molecule has 1 unspecified atom stereocenters. The van der Waals surface area contributed by atoms with Crippen LogP contribution in [0.3, 0.4) is 0 Å². The fraction of sp³-hybridized carbons (Fsp3) is 0.429. The number of halogens is 1. The predicted molar refractivity (Wildman–Crippen MR) is 77.6 cm³/mol. The predicted octanol–water partition coefficient (Wildman–Crippen LogP) is 1.75. The summed E-state index contributed by atoms with van der Waals surface area (Å²) in [4.78, 5) is 24.3. The van der Waals surface area contributed by atoms with Crippen molar-refractivity contribution in [1.29, 1.82) is 0 Å². The highest BCUT2D eigenvalue weighted by Gasteiger charge is 2.21. The molecular formula is C14H19ClN2O3. The zero-order valence-corrected chi connectivity index (χ0v) is 12.4. The quantitative estimate of drug-likeness (QED) is 0.804. The summed E-state index contributed by atoms with van der Waals surface area (Å²) in [6.45, 7) is 2.23. The van der Waals surface area contributed by atoms with Gasteiger partial charge in [0.05, 0.1) is 6.54 Å². The zero-order chi connectivity index (χ0) is 15.1. The summed E-state index contributed by atoms with van der Waals surface area (Å²) >= 11 is 5.77. The van der Waals surface area contributed by atoms with Gasteiger partial charge in [-0.1, -0.05) is 30.7 Å². The van der Waals surface area contributed by atoms with Crippen molar-refractivity contribution < 1.29 is 14.7 Å². The molecule has 110 valence electrons. The molecule has 2 N–H and O–H groups in total. The van der Waals surface area contributed by atoms with E-state index < -0.39 is 12.0 Å². The molecule has 0 aliphatic rings. The van der Waals surface area contributed by atoms with Gasteiger partial charge in [0.25, 0.3) is 0 Å². The molecule has 6 heteroatoms. The molecule has 0 bridgehead atoms. The van der Waals surface area contributed by atoms with Gasteiger partial charge in [-0.3, -0.25) is 14.5 Å². The van der Waals surface area contributed by atoms with Crippen LogP contribution in [0, 0.1) is 0 Å². The Morgan fingerprint density at radius 2 is 1.95 bits per heavy atom. The lowest BCUT2D eigenvalue weighted by molar-refractivity contribution is -0.143. The van der Waals surface area contributed by atoms with Crippen LogP contribution in [0.15, 0.2) is 24.3 Å². The number of carboxylic acid groups (broad SMARTS) is 1. The Morgan fingerprint density at radius 1 is 1.35 bits per heavy atom. The molecule has 0 aliphatic carbocycles. The first-order valence-electron chi connectivity index (χ1n) is 6.38. The Hall–Kier alpha value is -1.59. The Labute approximate surface area is 123 Å². The highest BCUT2D eigenvalue weighted by Crippen LogP contribution is 2.09. The molecule has 1 aromatic carbocycles. The lowest BCUT2D eigenvalue weighted by atomic mass is 10.2. The van der Waals surface area contributed by atoms with Gasteiger partial charge in [0.1, 0.15) is 6.04 Å². The third-order valence-corrected chi connectivity index (χ3v) is 3.25. The summed E-state index contributed by atoms with van der Waals surface area (Å²) in [5.74, 6) is -1.12. The molecule has 0 radical (unpaired) electrons. The van der Waals surface area contributed by atoms with Gasteiger partial charge >= 0.3 is 5.97 Å². The van der Waals surface area contributed by atoms with Gasteiger partial charge in [0.2, 0.25) is 5.91 Å². The number of likely N-dealkylation sites (N-methyl/N-ethyl adjacent to an activating group) is 1. The number of nitrogens with one attached hydrogen (secondary N) is 1. The minimum atomic E-state index is -0.916. The first-order valence-corrected chi connectivity index (χ1v) is 6.76. The maximum absolute atomic E-state index is 11.8. The number of hydrogen-bond donors (Lipinski definition) is 2. The number of nitrogens with zero attached hydrogens (tertiary/aromatic N) is 1. The smallest absolute Gasteiger partial charge is 0.320 e. The van der Waals surface area contributed by atoms with Gasteiger partial charge in [-0.05, 0) is 31.2 Å². The van der Waals surface area contributed by atoms with E-state index in [0.717, 1.165) is 5.56 Å². The average molecular weight is 299 g/mol. The van der Waals surface area contributed by atoms with Crippen molar-refractivity contribution in [3.8, 4) is 0 Å². The second-order valence-corrected chi connectivity index (χ2v) is 5.02. The monoisotopic (exact) mass is 298 g/mol. The maximum Gasteiger partial charge on any atom is 0.320 e. The number of carbonyl (C=O) groups excluding carboxylic acids is 1. The van der Waals surface area contributed by atoms with Crippen LogP contribution in [-0.2, 0) is 16.1 Å². The van der Waals surface area contributed by atoms with Crippen molar-refractivity contribution >= 4 is 23.5 Å². The fourth-order valence-electron chi connectivity index (χ4n) is 1.87. The van der Waals surface area contributed by atoms with E-state index in [1.165, 1.54) is 4.90 Å². The summed E-state index contributed by atoms with van der Waals surface area (Å²) < 4.78 is 0. The van der Waals surface area contributed by atoms with Gasteiger partial charge in [-0.2, -0.15) is 0 Å². The molecule has 1 aromatic rings. The third-order valence-electron chi connectivity index (χ3n) is 3.00. The van der Waals surface area contributed by atoms with Crippen LogP contribution in [0.2, 0.25) is 5.02 Å². The van der Waals surface area contributed by atoms with E-state index in [2.05, 4.69) is 5.32 Å². The van der Waals surface area contributed by atoms with Crippen LogP contribution >= 0.6 is 11.6 Å². The highest BCUT2D eigenvalue weighted by atomic mass is 35.5. The Kier molecular flexibility index (Phi) is 6.48. The Balaban J connectivity index is 2.43. The number of hydrogen-bond acceptors (Lipinski definition) is 3. The number of aliphatic carboxylic acids is 1. The minimum Gasteiger partial charge on any atom is -0.480 e. The largest absolute Gasteiger partial charge is 0.480 e. The molecule has 0 aliphatic heterocycles. The van der Waals surface area contributed by atoms with Crippen molar-refractivity contribution in [1.82, 2.24) is 10.2 Å². The van der Waals surface area contributed by atoms with E-state index in [9.17, 15) is 9.59 Å². The molecule has 0 heterocycles. The minimum absolute atomic E-state index is 0.0540. The van der Waals surface area contributed by atoms with Gasteiger partial charge in [0.15, 0.2) is 0 Å². The third kappa shape index (κ3) is 5.19. The van der Waals surface area contributed by atoms with Crippen LogP contribution in [0.25, 0.3) is 0 Å². The van der Waals surface area contributed by atoms with Crippen molar-refractivity contribution in [2.75, 3.05) is 13.6 Å². The van der Waals surface area contributed by atoms with Crippen LogP contribution in [0.1, 0.15) is 18.9 Å². The molecule has 20 heavy (non-hydrogen) atoms. The van der Waals surface area contributed by atoms with Crippen LogP contribution in [0.4, 0.5) is 0 Å². The van der Waals surface area contributed by atoms with Crippen LogP contribution in [-0.4, -0.2) is 41.5 Å². The highest BCUT2D eigenvalue weighted by molar-refractivity contribution is 6.30. The molecular weight excluding hydrogens is 280 g/mol. The first-order chi connectivity index (χ1) is 9.43. The van der Waals surface area contributed by atoms with Gasteiger partial charge in [0, 0.05) is 11.6 Å². The van der Waals surface area contributed by atoms with E-state index in [1.54, 1.807) is 26.1 Å². The lowest BCUT2D eigenvalue weighted by Crippen LogP contribution is -2.43. The molecule has 5 nitrogen and oxygen atoms in total. The number of amides is 1. The van der Waals surface area contributed by atoms with E-state index in [1.807, 2.05) is 12.1 Å². The molecule has 1 rings (SSSR count). The van der Waals surface area contributed by atoms with E-state index >= 15 is 0 Å². The standard InChI is InChI=1S/C14H19ClN2O3/c1-3-12(14(19)20)17(2)9-13(18)16-8-10-4-6-11(15)7-5-10/h4-7,12H,3,8-9H2,1-2H3,(H,16,18)(H,19,20). The summed E-state index contributed by atoms with van der Waals surface area (Å²) in [5, 5.41) is 12.4. The van der Waals surface area contributed by atoms with Gasteiger partial charge < -0.3 is 10.4 Å². The number of rotatable bonds is 7. The second kappa shape index (κ2) is 7.87. The fourth-order valence-corrected chi connectivity index (χ4v) is 2.00. The molecule has 1 amide bonds. The van der Waals surface area contributed by atoms with Crippen molar-refractivity contribution in [2.24, 2.45) is 0 Å². The topological polar surface area (TPSA) is 69.6 Å². The molecule has 0 aromatic heterocycles. The number of carbonyl (C=O) groups is 2. The van der Waals surface area contributed by atoms with Crippen molar-refractivity contribution in [3.05, 3.63) is 34.9 Å². The second-order valence-electron chi connectivity index (χ2n) is 4.58.